The molecule has 4 heterocycles. The highest BCUT2D eigenvalue weighted by molar-refractivity contribution is 6.02. The van der Waals surface area contributed by atoms with Crippen molar-refractivity contribution in [1.29, 1.82) is 0 Å². The van der Waals surface area contributed by atoms with Crippen LogP contribution < -0.4 is 15.4 Å². The summed E-state index contributed by atoms with van der Waals surface area (Å²) in [6.07, 6.45) is 0.888. The number of aliphatic hydroxyl groups is 1. The van der Waals surface area contributed by atoms with Crippen LogP contribution >= 0.6 is 0 Å². The summed E-state index contributed by atoms with van der Waals surface area (Å²) < 4.78 is 13.8. The average molecular weight is 625 g/mol. The second-order valence-electron chi connectivity index (χ2n) is 12.3. The summed E-state index contributed by atoms with van der Waals surface area (Å²) >= 11 is 0. The van der Waals surface area contributed by atoms with Crippen LogP contribution in [0.2, 0.25) is 0 Å². The lowest BCUT2D eigenvalue weighted by atomic mass is 9.66. The van der Waals surface area contributed by atoms with Crippen molar-refractivity contribution in [3.8, 4) is 5.75 Å². The Kier molecular flexibility index (Phi) is 7.48. The maximum atomic E-state index is 14.6. The maximum absolute atomic E-state index is 14.6. The first-order chi connectivity index (χ1) is 22.3. The molecule has 3 N–H and O–H groups in total. The molecule has 3 aromatic carbocycles. The van der Waals surface area contributed by atoms with Crippen molar-refractivity contribution in [2.24, 2.45) is 11.8 Å². The fourth-order valence-corrected chi connectivity index (χ4v) is 7.73. The normalized spacial score (nSPS) is 27.1. The van der Waals surface area contributed by atoms with E-state index >= 15 is 0 Å². The summed E-state index contributed by atoms with van der Waals surface area (Å²) in [5.74, 6) is -2.34. The Morgan fingerprint density at radius 2 is 1.78 bits per heavy atom. The quantitative estimate of drug-likeness (QED) is 0.244. The van der Waals surface area contributed by atoms with Crippen LogP contribution in [0.5, 0.6) is 5.75 Å². The van der Waals surface area contributed by atoms with E-state index in [0.717, 1.165) is 5.52 Å². The number of benzene rings is 3. The fourth-order valence-electron chi connectivity index (χ4n) is 7.73. The lowest BCUT2D eigenvalue weighted by molar-refractivity contribution is -0.149. The summed E-state index contributed by atoms with van der Waals surface area (Å²) in [6.45, 7) is 3.85. The van der Waals surface area contributed by atoms with Crippen molar-refractivity contribution < 1.29 is 29.0 Å². The number of rotatable bonds is 10. The third-order valence-electron chi connectivity index (χ3n) is 9.69. The molecule has 0 radical (unpaired) electrons. The molecule has 2 unspecified atom stereocenters. The van der Waals surface area contributed by atoms with Crippen molar-refractivity contribution in [3.05, 3.63) is 84.4 Å². The molecule has 6 atom stereocenters. The molecular formula is C34H36N6O6. The molecule has 12 nitrogen and oxygen atoms in total. The van der Waals surface area contributed by atoms with Gasteiger partial charge in [-0.25, -0.2) is 4.68 Å². The van der Waals surface area contributed by atoms with E-state index in [2.05, 4.69) is 20.9 Å². The number of fused-ring (bicyclic) bond motifs is 2. The van der Waals surface area contributed by atoms with Gasteiger partial charge in [-0.15, -0.1) is 5.10 Å². The van der Waals surface area contributed by atoms with Gasteiger partial charge in [-0.05, 0) is 68.7 Å². The Bertz CT molecular complexity index is 1780. The van der Waals surface area contributed by atoms with Gasteiger partial charge >= 0.3 is 0 Å². The van der Waals surface area contributed by atoms with E-state index in [1.54, 1.807) is 28.9 Å². The molecule has 7 rings (SSSR count). The molecule has 3 amide bonds. The number of hydrogen-bond acceptors (Lipinski definition) is 8. The number of aliphatic hydroxyl groups excluding tert-OH is 1. The zero-order valence-corrected chi connectivity index (χ0v) is 25.6. The largest absolute Gasteiger partial charge is 0.494 e. The Morgan fingerprint density at radius 3 is 2.52 bits per heavy atom. The van der Waals surface area contributed by atoms with Crippen molar-refractivity contribution in [1.82, 2.24) is 25.2 Å². The molecule has 12 heteroatoms. The van der Waals surface area contributed by atoms with E-state index in [1.165, 1.54) is 4.90 Å². The predicted octanol–water partition coefficient (Wildman–Crippen LogP) is 3.04. The molecule has 4 aromatic rings. The molecule has 3 saturated heterocycles. The zero-order chi connectivity index (χ0) is 32.1. The standard InChI is InChI=1S/C34H36N6O6/c1-3-45-23-15-13-22(14-16-23)36-30(42)27-28-32(44)40(26(19-41)21-9-5-4-6-10-21)29(34(28)18-17-33(27,2)46-34)31(43)35-20-39-25-12-8-7-11-24(25)37-38-39/h4-16,26-29,41H,3,17-20H2,1-2H3,(H,35,43)(H,36,42)/t26-,27+,28+,29?,33-,34?/m1/s1. The number of likely N-dealkylation sites (tertiary alicyclic amines) is 1. The number of nitrogens with zero attached hydrogens (tertiary/aromatic N) is 4. The number of aromatic nitrogens is 3. The second kappa shape index (κ2) is 11.5. The topological polar surface area (TPSA) is 148 Å². The number of hydrogen-bond donors (Lipinski definition) is 3. The minimum Gasteiger partial charge on any atom is -0.494 e. The highest BCUT2D eigenvalue weighted by atomic mass is 16.5. The summed E-state index contributed by atoms with van der Waals surface area (Å²) in [4.78, 5) is 44.4. The Labute approximate surface area is 265 Å². The van der Waals surface area contributed by atoms with Crippen LogP contribution in [0.15, 0.2) is 78.9 Å². The number of ether oxygens (including phenoxy) is 2. The van der Waals surface area contributed by atoms with Gasteiger partial charge in [0.05, 0.1) is 42.2 Å². The van der Waals surface area contributed by atoms with Crippen LogP contribution in [0.25, 0.3) is 11.0 Å². The van der Waals surface area contributed by atoms with Crippen LogP contribution in [0.1, 0.15) is 38.3 Å². The first-order valence-electron chi connectivity index (χ1n) is 15.6. The van der Waals surface area contributed by atoms with E-state index in [4.69, 9.17) is 9.47 Å². The van der Waals surface area contributed by atoms with Gasteiger partial charge in [0.15, 0.2) is 0 Å². The van der Waals surface area contributed by atoms with Gasteiger partial charge < -0.3 is 30.1 Å². The van der Waals surface area contributed by atoms with Crippen LogP contribution in [0.3, 0.4) is 0 Å². The minimum atomic E-state index is -1.27. The van der Waals surface area contributed by atoms with Crippen molar-refractivity contribution in [2.75, 3.05) is 18.5 Å². The molecule has 2 bridgehead atoms. The van der Waals surface area contributed by atoms with Gasteiger partial charge in [0.1, 0.15) is 29.6 Å². The lowest BCUT2D eigenvalue weighted by Gasteiger charge is -2.37. The predicted molar refractivity (Wildman–Crippen MR) is 167 cm³/mol. The summed E-state index contributed by atoms with van der Waals surface area (Å²) in [7, 11) is 0. The molecule has 1 aromatic heterocycles. The van der Waals surface area contributed by atoms with E-state index in [0.29, 0.717) is 42.0 Å². The van der Waals surface area contributed by atoms with E-state index in [9.17, 15) is 19.5 Å². The summed E-state index contributed by atoms with van der Waals surface area (Å²) in [6, 6.07) is 21.6. The van der Waals surface area contributed by atoms with Gasteiger partial charge in [0, 0.05) is 5.69 Å². The minimum absolute atomic E-state index is 0.00662. The van der Waals surface area contributed by atoms with E-state index < -0.39 is 53.5 Å². The van der Waals surface area contributed by atoms with Gasteiger partial charge in [-0.1, -0.05) is 47.7 Å². The fraction of sp³-hybridized carbons (Fsp3) is 0.382. The first-order valence-corrected chi connectivity index (χ1v) is 15.6. The number of anilines is 1. The smallest absolute Gasteiger partial charge is 0.247 e. The number of carbonyl (C=O) groups is 3. The van der Waals surface area contributed by atoms with Gasteiger partial charge in [-0.2, -0.15) is 0 Å². The molecule has 3 fully saturated rings. The number of carbonyl (C=O) groups excluding carboxylic acids is 3. The molecule has 1 spiro atoms. The van der Waals surface area contributed by atoms with E-state index in [1.807, 2.05) is 68.4 Å². The van der Waals surface area contributed by atoms with Gasteiger partial charge in [0.25, 0.3) is 0 Å². The highest BCUT2D eigenvalue weighted by Gasteiger charge is 2.78. The third-order valence-corrected chi connectivity index (χ3v) is 9.69. The van der Waals surface area contributed by atoms with Crippen LogP contribution in [-0.2, 0) is 25.8 Å². The SMILES string of the molecule is CCOc1ccc(NC(=O)[C@@H]2[C@H]3C(=O)N([C@H](CO)c4ccccc4)C(C(=O)NCn4nnc5ccccc54)C34CC[C@@]2(C)O4)cc1. The highest BCUT2D eigenvalue weighted by Crippen LogP contribution is 2.64. The zero-order valence-electron chi connectivity index (χ0n) is 25.6. The summed E-state index contributed by atoms with van der Waals surface area (Å²) in [5.41, 5.74) is 0.415. The first kappa shape index (κ1) is 29.9. The van der Waals surface area contributed by atoms with Gasteiger partial charge in [0.2, 0.25) is 17.7 Å². The number of amides is 3. The van der Waals surface area contributed by atoms with Gasteiger partial charge in [-0.3, -0.25) is 14.4 Å². The van der Waals surface area contributed by atoms with Crippen LogP contribution in [0, 0.1) is 11.8 Å². The van der Waals surface area contributed by atoms with Crippen molar-refractivity contribution >= 4 is 34.4 Å². The maximum Gasteiger partial charge on any atom is 0.247 e. The molecule has 238 valence electrons. The van der Waals surface area contributed by atoms with Crippen LogP contribution in [-0.4, -0.2) is 73.2 Å². The average Bonchev–Trinajstić information content (AvgIpc) is 3.77. The van der Waals surface area contributed by atoms with Crippen LogP contribution in [0.4, 0.5) is 5.69 Å². The Morgan fingerprint density at radius 1 is 1.04 bits per heavy atom. The molecule has 3 aliphatic heterocycles. The molecule has 0 aliphatic carbocycles. The van der Waals surface area contributed by atoms with Crippen molar-refractivity contribution in [2.45, 2.75) is 56.6 Å². The molecular weight excluding hydrogens is 588 g/mol. The number of nitrogens with one attached hydrogen (secondary N) is 2. The number of para-hydroxylation sites is 1. The Balaban J connectivity index is 1.23. The molecule has 46 heavy (non-hydrogen) atoms. The summed E-state index contributed by atoms with van der Waals surface area (Å²) in [5, 5.41) is 25.0. The third kappa shape index (κ3) is 4.71. The van der Waals surface area contributed by atoms with Crippen molar-refractivity contribution in [3.63, 3.8) is 0 Å². The lowest BCUT2D eigenvalue weighted by Crippen LogP contribution is -2.56. The molecule has 0 saturated carbocycles. The molecule has 3 aliphatic rings. The monoisotopic (exact) mass is 624 g/mol. The second-order valence-corrected chi connectivity index (χ2v) is 12.3. The Hall–Kier alpha value is -4.81. The van der Waals surface area contributed by atoms with E-state index in [-0.39, 0.29) is 12.6 Å².